The van der Waals surface area contributed by atoms with Gasteiger partial charge in [0.1, 0.15) is 0 Å². The summed E-state index contributed by atoms with van der Waals surface area (Å²) in [6.45, 7) is 4.25. The van der Waals surface area contributed by atoms with Gasteiger partial charge in [0.05, 0.1) is 6.42 Å². The molecular weight excluding hydrogens is 226 g/mol. The highest BCUT2D eigenvalue weighted by Gasteiger charge is 2.13. The second-order valence-electron chi connectivity index (χ2n) is 5.14. The van der Waals surface area contributed by atoms with Crippen LogP contribution in [0.2, 0.25) is 0 Å². The maximum absolute atomic E-state index is 10.7. The summed E-state index contributed by atoms with van der Waals surface area (Å²) in [7, 11) is 0. The van der Waals surface area contributed by atoms with E-state index in [1.807, 2.05) is 6.92 Å². The molecule has 0 saturated carbocycles. The van der Waals surface area contributed by atoms with Crippen molar-refractivity contribution in [3.8, 4) is 0 Å². The third-order valence-corrected chi connectivity index (χ3v) is 3.66. The minimum Gasteiger partial charge on any atom is -0.481 e. The SMILES string of the molecule is CC(CC(=O)O)c1ccc(N2CCCCC2)cc1. The molecular formula is C15H21NO2. The number of aliphatic carboxylic acids is 1. The third kappa shape index (κ3) is 3.25. The largest absolute Gasteiger partial charge is 0.481 e. The number of piperidine rings is 1. The molecule has 0 amide bonds. The van der Waals surface area contributed by atoms with Gasteiger partial charge in [0.15, 0.2) is 0 Å². The van der Waals surface area contributed by atoms with E-state index in [1.54, 1.807) is 0 Å². The van der Waals surface area contributed by atoms with E-state index in [4.69, 9.17) is 5.11 Å². The summed E-state index contributed by atoms with van der Waals surface area (Å²) in [6.07, 6.45) is 4.08. The van der Waals surface area contributed by atoms with Gasteiger partial charge in [0.25, 0.3) is 0 Å². The van der Waals surface area contributed by atoms with Crippen molar-refractivity contribution in [2.75, 3.05) is 18.0 Å². The average Bonchev–Trinajstić information content (AvgIpc) is 2.39. The third-order valence-electron chi connectivity index (χ3n) is 3.66. The lowest BCUT2D eigenvalue weighted by Crippen LogP contribution is -2.29. The van der Waals surface area contributed by atoms with Crippen LogP contribution in [-0.4, -0.2) is 24.2 Å². The van der Waals surface area contributed by atoms with Gasteiger partial charge in [0.2, 0.25) is 0 Å². The van der Waals surface area contributed by atoms with Gasteiger partial charge in [-0.3, -0.25) is 4.79 Å². The fourth-order valence-electron chi connectivity index (χ4n) is 2.55. The first-order valence-electron chi connectivity index (χ1n) is 6.73. The molecule has 0 radical (unpaired) electrons. The maximum Gasteiger partial charge on any atom is 0.303 e. The van der Waals surface area contributed by atoms with E-state index in [-0.39, 0.29) is 12.3 Å². The normalized spacial score (nSPS) is 17.5. The molecule has 3 nitrogen and oxygen atoms in total. The Morgan fingerprint density at radius 1 is 1.22 bits per heavy atom. The van der Waals surface area contributed by atoms with Crippen LogP contribution in [0.3, 0.4) is 0 Å². The average molecular weight is 247 g/mol. The quantitative estimate of drug-likeness (QED) is 0.887. The van der Waals surface area contributed by atoms with Crippen molar-refractivity contribution in [1.82, 2.24) is 0 Å². The van der Waals surface area contributed by atoms with Gasteiger partial charge in [-0.25, -0.2) is 0 Å². The van der Waals surface area contributed by atoms with E-state index in [0.717, 1.165) is 18.7 Å². The summed E-state index contributed by atoms with van der Waals surface area (Å²) in [5.74, 6) is -0.652. The summed E-state index contributed by atoms with van der Waals surface area (Å²) < 4.78 is 0. The van der Waals surface area contributed by atoms with Gasteiger partial charge in [0, 0.05) is 18.8 Å². The van der Waals surface area contributed by atoms with E-state index in [9.17, 15) is 4.79 Å². The predicted molar refractivity (Wildman–Crippen MR) is 73.2 cm³/mol. The first-order chi connectivity index (χ1) is 8.66. The Labute approximate surface area is 108 Å². The molecule has 3 heteroatoms. The summed E-state index contributed by atoms with van der Waals surface area (Å²) in [4.78, 5) is 13.1. The number of carbonyl (C=O) groups is 1. The molecule has 1 unspecified atom stereocenters. The Kier molecular flexibility index (Phi) is 4.24. The Hall–Kier alpha value is -1.51. The fourth-order valence-corrected chi connectivity index (χ4v) is 2.55. The molecule has 0 bridgehead atoms. The number of hydrogen-bond acceptors (Lipinski definition) is 2. The van der Waals surface area contributed by atoms with Crippen molar-refractivity contribution >= 4 is 11.7 Å². The highest BCUT2D eigenvalue weighted by atomic mass is 16.4. The topological polar surface area (TPSA) is 40.5 Å². The molecule has 0 spiro atoms. The van der Waals surface area contributed by atoms with Gasteiger partial charge >= 0.3 is 5.97 Å². The highest BCUT2D eigenvalue weighted by Crippen LogP contribution is 2.24. The van der Waals surface area contributed by atoms with Gasteiger partial charge in [-0.2, -0.15) is 0 Å². The van der Waals surface area contributed by atoms with Crippen molar-refractivity contribution < 1.29 is 9.90 Å². The van der Waals surface area contributed by atoms with Gasteiger partial charge in [-0.05, 0) is 42.9 Å². The molecule has 1 N–H and O–H groups in total. The van der Waals surface area contributed by atoms with Crippen molar-refractivity contribution in [2.24, 2.45) is 0 Å². The zero-order chi connectivity index (χ0) is 13.0. The van der Waals surface area contributed by atoms with Crippen LogP contribution in [0.5, 0.6) is 0 Å². The van der Waals surface area contributed by atoms with E-state index >= 15 is 0 Å². The molecule has 1 atom stereocenters. The molecule has 1 aliphatic rings. The van der Waals surface area contributed by atoms with Crippen LogP contribution in [0.25, 0.3) is 0 Å². The Bertz CT molecular complexity index is 393. The molecule has 1 saturated heterocycles. The van der Waals surface area contributed by atoms with E-state index in [0.29, 0.717) is 0 Å². The van der Waals surface area contributed by atoms with Crippen LogP contribution >= 0.6 is 0 Å². The van der Waals surface area contributed by atoms with Gasteiger partial charge in [-0.15, -0.1) is 0 Å². The zero-order valence-electron chi connectivity index (χ0n) is 10.9. The number of carboxylic acid groups (broad SMARTS) is 1. The molecule has 0 aromatic heterocycles. The highest BCUT2D eigenvalue weighted by molar-refractivity contribution is 5.68. The number of rotatable bonds is 4. The number of anilines is 1. The van der Waals surface area contributed by atoms with E-state index < -0.39 is 5.97 Å². The first kappa shape index (κ1) is 12.9. The molecule has 0 aliphatic carbocycles. The predicted octanol–water partition coefficient (Wildman–Crippen LogP) is 3.26. The number of carboxylic acids is 1. The second-order valence-corrected chi connectivity index (χ2v) is 5.14. The molecule has 2 rings (SSSR count). The van der Waals surface area contributed by atoms with Crippen molar-refractivity contribution in [3.05, 3.63) is 29.8 Å². The fraction of sp³-hybridized carbons (Fsp3) is 0.533. The Morgan fingerprint density at radius 3 is 2.39 bits per heavy atom. The van der Waals surface area contributed by atoms with Crippen LogP contribution in [0.1, 0.15) is 44.1 Å². The summed E-state index contributed by atoms with van der Waals surface area (Å²) in [5, 5.41) is 8.80. The van der Waals surface area contributed by atoms with Crippen molar-refractivity contribution in [1.29, 1.82) is 0 Å². The smallest absolute Gasteiger partial charge is 0.303 e. The number of hydrogen-bond donors (Lipinski definition) is 1. The monoisotopic (exact) mass is 247 g/mol. The van der Waals surface area contributed by atoms with Crippen LogP contribution in [0, 0.1) is 0 Å². The van der Waals surface area contributed by atoms with Crippen LogP contribution in [0.4, 0.5) is 5.69 Å². The molecule has 1 aliphatic heterocycles. The van der Waals surface area contributed by atoms with E-state index in [1.165, 1.54) is 24.9 Å². The van der Waals surface area contributed by atoms with E-state index in [2.05, 4.69) is 29.2 Å². The van der Waals surface area contributed by atoms with Crippen LogP contribution in [-0.2, 0) is 4.79 Å². The van der Waals surface area contributed by atoms with Crippen LogP contribution < -0.4 is 4.90 Å². The first-order valence-corrected chi connectivity index (χ1v) is 6.73. The second kappa shape index (κ2) is 5.89. The Balaban J connectivity index is 2.02. The van der Waals surface area contributed by atoms with Crippen molar-refractivity contribution in [2.45, 2.75) is 38.5 Å². The number of nitrogens with zero attached hydrogens (tertiary/aromatic N) is 1. The van der Waals surface area contributed by atoms with Crippen LogP contribution in [0.15, 0.2) is 24.3 Å². The zero-order valence-corrected chi connectivity index (χ0v) is 10.9. The molecule has 1 fully saturated rings. The molecule has 18 heavy (non-hydrogen) atoms. The maximum atomic E-state index is 10.7. The minimum absolute atomic E-state index is 0.0814. The van der Waals surface area contributed by atoms with Gasteiger partial charge < -0.3 is 10.0 Å². The lowest BCUT2D eigenvalue weighted by Gasteiger charge is -2.29. The molecule has 1 aromatic carbocycles. The minimum atomic E-state index is -0.734. The van der Waals surface area contributed by atoms with Gasteiger partial charge in [-0.1, -0.05) is 19.1 Å². The van der Waals surface area contributed by atoms with Crippen molar-refractivity contribution in [3.63, 3.8) is 0 Å². The standard InChI is InChI=1S/C15H21NO2/c1-12(11-15(17)18)13-5-7-14(8-6-13)16-9-3-2-4-10-16/h5-8,12H,2-4,9-11H2,1H3,(H,17,18). The summed E-state index contributed by atoms with van der Waals surface area (Å²) in [5.41, 5.74) is 2.37. The summed E-state index contributed by atoms with van der Waals surface area (Å²) in [6, 6.07) is 8.38. The molecule has 98 valence electrons. The Morgan fingerprint density at radius 2 is 1.83 bits per heavy atom. The lowest BCUT2D eigenvalue weighted by atomic mass is 9.97. The molecule has 1 aromatic rings. The molecule has 1 heterocycles. The summed E-state index contributed by atoms with van der Waals surface area (Å²) >= 11 is 0. The lowest BCUT2D eigenvalue weighted by molar-refractivity contribution is -0.137. The number of benzene rings is 1.